The number of carbonyl (C=O) groups is 1. The smallest absolute Gasteiger partial charge is 0.214 e. The molecule has 0 spiro atoms. The molecule has 0 aliphatic carbocycles. The molecule has 21 heavy (non-hydrogen) atoms. The van der Waals surface area contributed by atoms with Gasteiger partial charge in [0.25, 0.3) is 0 Å². The van der Waals surface area contributed by atoms with Crippen molar-refractivity contribution in [3.05, 3.63) is 82.3 Å². The van der Waals surface area contributed by atoms with Gasteiger partial charge >= 0.3 is 0 Å². The van der Waals surface area contributed by atoms with E-state index in [9.17, 15) is 9.18 Å². The monoisotopic (exact) mass is 344 g/mol. The van der Waals surface area contributed by atoms with Crippen molar-refractivity contribution in [2.24, 2.45) is 0 Å². The Kier molecular flexibility index (Phi) is 3.66. The number of aromatic nitrogens is 2. The summed E-state index contributed by atoms with van der Waals surface area (Å²) in [5.74, 6) is -0.974. The highest BCUT2D eigenvalue weighted by atomic mass is 79.9. The number of nitrogens with zero attached hydrogens (tertiary/aromatic N) is 2. The van der Waals surface area contributed by atoms with Gasteiger partial charge in [-0.2, -0.15) is 5.10 Å². The molecule has 2 aromatic carbocycles. The minimum atomic E-state index is -0.566. The number of hydrogen-bond acceptors (Lipinski definition) is 2. The second kappa shape index (κ2) is 5.61. The highest BCUT2D eigenvalue weighted by Gasteiger charge is 2.19. The first kappa shape index (κ1) is 13.7. The molecule has 3 aromatic rings. The summed E-state index contributed by atoms with van der Waals surface area (Å²) in [5.41, 5.74) is 1.08. The van der Waals surface area contributed by atoms with Crippen LogP contribution in [0.3, 0.4) is 0 Å². The molecular formula is C16H10BrFN2O. The maximum Gasteiger partial charge on any atom is 0.214 e. The fourth-order valence-corrected chi connectivity index (χ4v) is 2.43. The molecule has 0 N–H and O–H groups in total. The van der Waals surface area contributed by atoms with Gasteiger partial charge in [0.05, 0.1) is 21.9 Å². The van der Waals surface area contributed by atoms with E-state index in [4.69, 9.17) is 0 Å². The number of carbonyl (C=O) groups excluding carboxylic acids is 1. The molecule has 0 bridgehead atoms. The van der Waals surface area contributed by atoms with Crippen LogP contribution < -0.4 is 0 Å². The maximum atomic E-state index is 14.1. The van der Waals surface area contributed by atoms with Crippen molar-refractivity contribution in [3.63, 3.8) is 0 Å². The van der Waals surface area contributed by atoms with Crippen LogP contribution in [0.5, 0.6) is 0 Å². The molecule has 0 saturated carbocycles. The summed E-state index contributed by atoms with van der Waals surface area (Å²) < 4.78 is 15.8. The first-order valence-corrected chi connectivity index (χ1v) is 7.06. The molecule has 3 rings (SSSR count). The Morgan fingerprint density at radius 2 is 1.81 bits per heavy atom. The van der Waals surface area contributed by atoms with Gasteiger partial charge in [0, 0.05) is 0 Å². The zero-order chi connectivity index (χ0) is 14.8. The molecule has 3 nitrogen and oxygen atoms in total. The van der Waals surface area contributed by atoms with E-state index < -0.39 is 11.6 Å². The third-order valence-electron chi connectivity index (χ3n) is 3.07. The molecule has 0 radical (unpaired) electrons. The molecule has 0 aliphatic heterocycles. The lowest BCUT2D eigenvalue weighted by molar-refractivity contribution is 0.102. The lowest BCUT2D eigenvalue weighted by Gasteiger charge is -2.08. The van der Waals surface area contributed by atoms with Gasteiger partial charge in [-0.15, -0.1) is 0 Å². The number of benzene rings is 2. The molecule has 104 valence electrons. The van der Waals surface area contributed by atoms with Crippen molar-refractivity contribution >= 4 is 21.7 Å². The van der Waals surface area contributed by atoms with Crippen molar-refractivity contribution < 1.29 is 9.18 Å². The van der Waals surface area contributed by atoms with Crippen LogP contribution in [-0.4, -0.2) is 15.6 Å². The number of halogens is 2. The molecule has 0 amide bonds. The van der Waals surface area contributed by atoms with E-state index >= 15 is 0 Å². The fourth-order valence-electron chi connectivity index (χ4n) is 2.07. The topological polar surface area (TPSA) is 34.9 Å². The minimum absolute atomic E-state index is 0.0158. The van der Waals surface area contributed by atoms with Gasteiger partial charge in [0.2, 0.25) is 5.78 Å². The van der Waals surface area contributed by atoms with E-state index in [2.05, 4.69) is 21.0 Å². The van der Waals surface area contributed by atoms with E-state index in [1.165, 1.54) is 16.9 Å². The standard InChI is InChI=1S/C16H10BrFN2O/c17-13-8-4-7-12(15(13)18)16(21)14-9-10-19-20(14)11-5-2-1-3-6-11/h1-10H. The third kappa shape index (κ3) is 2.52. The Morgan fingerprint density at radius 1 is 1.05 bits per heavy atom. The van der Waals surface area contributed by atoms with Crippen LogP contribution >= 0.6 is 15.9 Å². The summed E-state index contributed by atoms with van der Waals surface area (Å²) in [6, 6.07) is 15.5. The van der Waals surface area contributed by atoms with Gasteiger partial charge < -0.3 is 0 Å². The van der Waals surface area contributed by atoms with Crippen LogP contribution in [0.4, 0.5) is 4.39 Å². The summed E-state index contributed by atoms with van der Waals surface area (Å²) in [6.07, 6.45) is 1.52. The van der Waals surface area contributed by atoms with Gasteiger partial charge in [-0.3, -0.25) is 4.79 Å². The second-order valence-electron chi connectivity index (χ2n) is 4.39. The van der Waals surface area contributed by atoms with Crippen LogP contribution in [0.15, 0.2) is 65.3 Å². The second-order valence-corrected chi connectivity index (χ2v) is 5.25. The lowest BCUT2D eigenvalue weighted by Crippen LogP contribution is -2.11. The summed E-state index contributed by atoms with van der Waals surface area (Å²) >= 11 is 3.09. The highest BCUT2D eigenvalue weighted by molar-refractivity contribution is 9.10. The number of ketones is 1. The maximum absolute atomic E-state index is 14.1. The summed E-state index contributed by atoms with van der Waals surface area (Å²) in [6.45, 7) is 0. The summed E-state index contributed by atoms with van der Waals surface area (Å²) in [4.78, 5) is 12.6. The molecule has 0 fully saturated rings. The quantitative estimate of drug-likeness (QED) is 0.673. The van der Waals surface area contributed by atoms with Crippen LogP contribution in [0.25, 0.3) is 5.69 Å². The van der Waals surface area contributed by atoms with Crippen molar-refractivity contribution in [1.82, 2.24) is 9.78 Å². The average Bonchev–Trinajstić information content (AvgIpc) is 3.00. The van der Waals surface area contributed by atoms with E-state index in [0.29, 0.717) is 5.69 Å². The van der Waals surface area contributed by atoms with E-state index in [1.54, 1.807) is 18.2 Å². The average molecular weight is 345 g/mol. The predicted octanol–water partition coefficient (Wildman–Crippen LogP) is 4.00. The SMILES string of the molecule is O=C(c1cccc(Br)c1F)c1ccnn1-c1ccccc1. The molecule has 5 heteroatoms. The molecule has 1 heterocycles. The van der Waals surface area contributed by atoms with Crippen molar-refractivity contribution in [2.75, 3.05) is 0 Å². The van der Waals surface area contributed by atoms with Gasteiger partial charge in [0.15, 0.2) is 0 Å². The molecule has 0 aliphatic rings. The molecular weight excluding hydrogens is 335 g/mol. The van der Waals surface area contributed by atoms with Gasteiger partial charge in [0.1, 0.15) is 11.5 Å². The Bertz CT molecular complexity index is 799. The summed E-state index contributed by atoms with van der Waals surface area (Å²) in [5, 5.41) is 4.15. The molecule has 1 aromatic heterocycles. The first-order chi connectivity index (χ1) is 10.2. The first-order valence-electron chi connectivity index (χ1n) is 6.26. The predicted molar refractivity (Wildman–Crippen MR) is 81.1 cm³/mol. The lowest BCUT2D eigenvalue weighted by atomic mass is 10.1. The Balaban J connectivity index is 2.08. The zero-order valence-electron chi connectivity index (χ0n) is 10.8. The van der Waals surface area contributed by atoms with Crippen molar-refractivity contribution in [1.29, 1.82) is 0 Å². The fraction of sp³-hybridized carbons (Fsp3) is 0. The zero-order valence-corrected chi connectivity index (χ0v) is 12.4. The third-order valence-corrected chi connectivity index (χ3v) is 3.68. The van der Waals surface area contributed by atoms with E-state index in [-0.39, 0.29) is 10.0 Å². The van der Waals surface area contributed by atoms with Crippen molar-refractivity contribution in [2.45, 2.75) is 0 Å². The summed E-state index contributed by atoms with van der Waals surface area (Å²) in [7, 11) is 0. The van der Waals surface area contributed by atoms with E-state index in [0.717, 1.165) is 5.69 Å². The normalized spacial score (nSPS) is 10.6. The van der Waals surface area contributed by atoms with Crippen LogP contribution in [0.1, 0.15) is 16.1 Å². The Hall–Kier alpha value is -2.27. The Labute approximate surface area is 129 Å². The van der Waals surface area contributed by atoms with E-state index in [1.807, 2.05) is 30.3 Å². The highest BCUT2D eigenvalue weighted by Crippen LogP contribution is 2.22. The molecule has 0 atom stereocenters. The minimum Gasteiger partial charge on any atom is -0.287 e. The molecule has 0 unspecified atom stereocenters. The van der Waals surface area contributed by atoms with Gasteiger partial charge in [-0.25, -0.2) is 9.07 Å². The van der Waals surface area contributed by atoms with Crippen molar-refractivity contribution in [3.8, 4) is 5.69 Å². The number of rotatable bonds is 3. The van der Waals surface area contributed by atoms with Gasteiger partial charge in [-0.05, 0) is 46.3 Å². The largest absolute Gasteiger partial charge is 0.287 e. The Morgan fingerprint density at radius 3 is 2.57 bits per heavy atom. The van der Waals surface area contributed by atoms with Crippen LogP contribution in [0, 0.1) is 5.82 Å². The molecule has 0 saturated heterocycles. The number of para-hydroxylation sites is 1. The van der Waals surface area contributed by atoms with Crippen LogP contribution in [0.2, 0.25) is 0 Å². The van der Waals surface area contributed by atoms with Gasteiger partial charge in [-0.1, -0.05) is 24.3 Å². The number of hydrogen-bond donors (Lipinski definition) is 0. The van der Waals surface area contributed by atoms with Crippen LogP contribution in [-0.2, 0) is 0 Å².